The molecule has 2 aromatic rings. The van der Waals surface area contributed by atoms with E-state index in [1.807, 2.05) is 31.2 Å². The maximum Gasteiger partial charge on any atom is 0.119 e. The first kappa shape index (κ1) is 14.7. The van der Waals surface area contributed by atoms with Gasteiger partial charge in [-0.3, -0.25) is 0 Å². The molecule has 0 aliphatic carbocycles. The van der Waals surface area contributed by atoms with Crippen molar-refractivity contribution in [3.05, 3.63) is 58.1 Å². The van der Waals surface area contributed by atoms with Gasteiger partial charge < -0.3 is 10.1 Å². The highest BCUT2D eigenvalue weighted by Crippen LogP contribution is 2.22. The van der Waals surface area contributed by atoms with Gasteiger partial charge in [-0.05, 0) is 61.7 Å². The molecule has 0 amide bonds. The first-order chi connectivity index (χ1) is 9.58. The number of benzene rings is 2. The fourth-order valence-electron chi connectivity index (χ4n) is 1.96. The molecule has 106 valence electrons. The fraction of sp³-hybridized carbons (Fsp3) is 0.294. The van der Waals surface area contributed by atoms with E-state index in [4.69, 9.17) is 16.3 Å². The van der Waals surface area contributed by atoms with Gasteiger partial charge in [0.1, 0.15) is 12.4 Å². The van der Waals surface area contributed by atoms with Crippen molar-refractivity contribution in [3.8, 4) is 5.75 Å². The second-order valence-electron chi connectivity index (χ2n) is 4.93. The van der Waals surface area contributed by atoms with Crippen molar-refractivity contribution in [1.82, 2.24) is 0 Å². The van der Waals surface area contributed by atoms with Gasteiger partial charge in [-0.15, -0.1) is 0 Å². The van der Waals surface area contributed by atoms with Gasteiger partial charge in [0.25, 0.3) is 0 Å². The Morgan fingerprint density at radius 1 is 1.05 bits per heavy atom. The molecule has 1 N–H and O–H groups in total. The van der Waals surface area contributed by atoms with Crippen molar-refractivity contribution >= 4 is 17.3 Å². The van der Waals surface area contributed by atoms with Crippen molar-refractivity contribution in [2.45, 2.75) is 20.8 Å². The molecule has 2 nitrogen and oxygen atoms in total. The maximum absolute atomic E-state index is 6.08. The van der Waals surface area contributed by atoms with Crippen LogP contribution < -0.4 is 10.1 Å². The minimum Gasteiger partial charge on any atom is -0.492 e. The molecule has 0 atom stereocenters. The molecule has 0 fully saturated rings. The number of halogens is 1. The van der Waals surface area contributed by atoms with Crippen LogP contribution in [0.4, 0.5) is 5.69 Å². The van der Waals surface area contributed by atoms with E-state index in [0.717, 1.165) is 28.6 Å². The molecule has 0 aliphatic heterocycles. The molecule has 0 aromatic heterocycles. The molecule has 2 rings (SSSR count). The lowest BCUT2D eigenvalue weighted by atomic mass is 10.1. The Hall–Kier alpha value is -1.67. The SMILES string of the molecule is Cc1ccc(OCCNc2cccc(Cl)c2C)cc1C. The molecule has 0 unspecified atom stereocenters. The van der Waals surface area contributed by atoms with Crippen LogP contribution in [0.2, 0.25) is 5.02 Å². The van der Waals surface area contributed by atoms with Crippen LogP contribution in [-0.4, -0.2) is 13.2 Å². The Labute approximate surface area is 125 Å². The maximum atomic E-state index is 6.08. The molecule has 0 saturated heterocycles. The largest absolute Gasteiger partial charge is 0.492 e. The van der Waals surface area contributed by atoms with Gasteiger partial charge in [0.15, 0.2) is 0 Å². The van der Waals surface area contributed by atoms with Crippen molar-refractivity contribution in [1.29, 1.82) is 0 Å². The zero-order valence-electron chi connectivity index (χ0n) is 12.2. The van der Waals surface area contributed by atoms with E-state index in [2.05, 4.69) is 31.3 Å². The fourth-order valence-corrected chi connectivity index (χ4v) is 2.13. The van der Waals surface area contributed by atoms with Crippen LogP contribution >= 0.6 is 11.6 Å². The summed E-state index contributed by atoms with van der Waals surface area (Å²) in [6.07, 6.45) is 0. The molecule has 3 heteroatoms. The smallest absolute Gasteiger partial charge is 0.119 e. The standard InChI is InChI=1S/C17H20ClNO/c1-12-7-8-15(11-13(12)2)20-10-9-19-17-6-4-5-16(18)14(17)3/h4-8,11,19H,9-10H2,1-3H3. The minimum atomic E-state index is 0.619. The third-order valence-electron chi connectivity index (χ3n) is 3.43. The Morgan fingerprint density at radius 3 is 2.60 bits per heavy atom. The molecule has 20 heavy (non-hydrogen) atoms. The van der Waals surface area contributed by atoms with Gasteiger partial charge in [0.05, 0.1) is 0 Å². The predicted octanol–water partition coefficient (Wildman–Crippen LogP) is 4.76. The summed E-state index contributed by atoms with van der Waals surface area (Å²) >= 11 is 6.08. The Bertz CT molecular complexity index is 596. The van der Waals surface area contributed by atoms with E-state index in [1.54, 1.807) is 0 Å². The lowest BCUT2D eigenvalue weighted by Gasteiger charge is -2.12. The Kier molecular flexibility index (Phi) is 4.91. The molecule has 0 saturated carbocycles. The van der Waals surface area contributed by atoms with Gasteiger partial charge in [-0.2, -0.15) is 0 Å². The van der Waals surface area contributed by atoms with Crippen LogP contribution in [0.3, 0.4) is 0 Å². The van der Waals surface area contributed by atoms with E-state index in [9.17, 15) is 0 Å². The average molecular weight is 290 g/mol. The van der Waals surface area contributed by atoms with Crippen LogP contribution in [0.25, 0.3) is 0 Å². The van der Waals surface area contributed by atoms with Gasteiger partial charge in [-0.25, -0.2) is 0 Å². The van der Waals surface area contributed by atoms with E-state index < -0.39 is 0 Å². The third-order valence-corrected chi connectivity index (χ3v) is 3.84. The average Bonchev–Trinajstić information content (AvgIpc) is 2.43. The number of rotatable bonds is 5. The summed E-state index contributed by atoms with van der Waals surface area (Å²) in [7, 11) is 0. The molecule has 2 aromatic carbocycles. The summed E-state index contributed by atoms with van der Waals surface area (Å²) < 4.78 is 5.74. The molecule has 0 aliphatic rings. The monoisotopic (exact) mass is 289 g/mol. The lowest BCUT2D eigenvalue weighted by Crippen LogP contribution is -2.12. The topological polar surface area (TPSA) is 21.3 Å². The number of hydrogen-bond acceptors (Lipinski definition) is 2. The van der Waals surface area contributed by atoms with Gasteiger partial charge in [-0.1, -0.05) is 23.7 Å². The van der Waals surface area contributed by atoms with Gasteiger partial charge in [0, 0.05) is 17.3 Å². The Balaban J connectivity index is 1.84. The zero-order chi connectivity index (χ0) is 14.5. The van der Waals surface area contributed by atoms with Crippen molar-refractivity contribution < 1.29 is 4.74 Å². The summed E-state index contributed by atoms with van der Waals surface area (Å²) in [5.74, 6) is 0.915. The summed E-state index contributed by atoms with van der Waals surface area (Å²) in [5.41, 5.74) is 4.66. The quantitative estimate of drug-likeness (QED) is 0.802. The highest BCUT2D eigenvalue weighted by molar-refractivity contribution is 6.31. The molecular formula is C17H20ClNO. The molecule has 0 radical (unpaired) electrons. The van der Waals surface area contributed by atoms with Crippen LogP contribution in [-0.2, 0) is 0 Å². The second kappa shape index (κ2) is 6.67. The van der Waals surface area contributed by atoms with Gasteiger partial charge >= 0.3 is 0 Å². The number of aryl methyl sites for hydroxylation is 2. The summed E-state index contributed by atoms with van der Waals surface area (Å²) in [6, 6.07) is 12.0. The Morgan fingerprint density at radius 2 is 1.85 bits per heavy atom. The van der Waals surface area contributed by atoms with E-state index >= 15 is 0 Å². The highest BCUT2D eigenvalue weighted by atomic mass is 35.5. The number of ether oxygens (including phenoxy) is 1. The molecule has 0 heterocycles. The molecule has 0 spiro atoms. The van der Waals surface area contributed by atoms with E-state index in [1.165, 1.54) is 11.1 Å². The van der Waals surface area contributed by atoms with Crippen LogP contribution in [0.15, 0.2) is 36.4 Å². The van der Waals surface area contributed by atoms with Crippen molar-refractivity contribution in [2.75, 3.05) is 18.5 Å². The third kappa shape index (κ3) is 3.67. The van der Waals surface area contributed by atoms with E-state index in [0.29, 0.717) is 6.61 Å². The highest BCUT2D eigenvalue weighted by Gasteiger charge is 2.01. The normalized spacial score (nSPS) is 10.4. The first-order valence-electron chi connectivity index (χ1n) is 6.77. The van der Waals surface area contributed by atoms with Crippen LogP contribution in [0.1, 0.15) is 16.7 Å². The number of hydrogen-bond donors (Lipinski definition) is 1. The van der Waals surface area contributed by atoms with Gasteiger partial charge in [0.2, 0.25) is 0 Å². The molecular weight excluding hydrogens is 270 g/mol. The van der Waals surface area contributed by atoms with Crippen LogP contribution in [0.5, 0.6) is 5.75 Å². The molecule has 0 bridgehead atoms. The lowest BCUT2D eigenvalue weighted by molar-refractivity contribution is 0.332. The number of anilines is 1. The summed E-state index contributed by atoms with van der Waals surface area (Å²) in [6.45, 7) is 7.57. The minimum absolute atomic E-state index is 0.619. The van der Waals surface area contributed by atoms with Crippen molar-refractivity contribution in [2.24, 2.45) is 0 Å². The van der Waals surface area contributed by atoms with Crippen LogP contribution in [0, 0.1) is 20.8 Å². The predicted molar refractivity (Wildman–Crippen MR) is 86.1 cm³/mol. The second-order valence-corrected chi connectivity index (χ2v) is 5.34. The number of nitrogens with one attached hydrogen (secondary N) is 1. The van der Waals surface area contributed by atoms with E-state index in [-0.39, 0.29) is 0 Å². The summed E-state index contributed by atoms with van der Waals surface area (Å²) in [4.78, 5) is 0. The first-order valence-corrected chi connectivity index (χ1v) is 7.15. The summed E-state index contributed by atoms with van der Waals surface area (Å²) in [5, 5.41) is 4.12. The van der Waals surface area contributed by atoms with Crippen molar-refractivity contribution in [3.63, 3.8) is 0 Å². The zero-order valence-corrected chi connectivity index (χ0v) is 12.9.